The lowest BCUT2D eigenvalue weighted by Crippen LogP contribution is -2.24. The van der Waals surface area contributed by atoms with Gasteiger partial charge in [-0.2, -0.15) is 0 Å². The molecule has 0 atom stereocenters. The number of amides is 2. The third-order valence-corrected chi connectivity index (χ3v) is 4.22. The van der Waals surface area contributed by atoms with Gasteiger partial charge in [0.15, 0.2) is 5.76 Å². The van der Waals surface area contributed by atoms with Crippen LogP contribution < -0.4 is 10.6 Å². The maximum absolute atomic E-state index is 12.4. The summed E-state index contributed by atoms with van der Waals surface area (Å²) in [6, 6.07) is 13.3. The second-order valence-corrected chi connectivity index (χ2v) is 6.36. The molecule has 2 heterocycles. The molecule has 1 aromatic carbocycles. The standard InChI is InChI=1S/C22H21N3O5/c1-3-29-22(28)17-10-11-18(24-14(17)2)20(26)23-13-15-6-8-16(9-7-15)25-21(27)19-5-4-12-30-19/h4-12H,3,13H2,1-2H3,(H,23,26)(H,25,27). The highest BCUT2D eigenvalue weighted by atomic mass is 16.5. The number of benzene rings is 1. The van der Waals surface area contributed by atoms with Crippen LogP contribution in [0.3, 0.4) is 0 Å². The minimum absolute atomic E-state index is 0.211. The van der Waals surface area contributed by atoms with E-state index in [0.29, 0.717) is 16.9 Å². The zero-order valence-corrected chi connectivity index (χ0v) is 16.6. The van der Waals surface area contributed by atoms with E-state index in [1.165, 1.54) is 18.4 Å². The Balaban J connectivity index is 1.56. The highest BCUT2D eigenvalue weighted by Crippen LogP contribution is 2.13. The SMILES string of the molecule is CCOC(=O)c1ccc(C(=O)NCc2ccc(NC(=O)c3ccco3)cc2)nc1C. The van der Waals surface area contributed by atoms with E-state index < -0.39 is 5.97 Å². The molecule has 0 aliphatic heterocycles. The third kappa shape index (κ3) is 5.11. The van der Waals surface area contributed by atoms with Gasteiger partial charge in [-0.05, 0) is 55.8 Å². The van der Waals surface area contributed by atoms with Gasteiger partial charge < -0.3 is 19.8 Å². The van der Waals surface area contributed by atoms with Crippen molar-refractivity contribution in [1.29, 1.82) is 0 Å². The van der Waals surface area contributed by atoms with Crippen LogP contribution in [0.5, 0.6) is 0 Å². The van der Waals surface area contributed by atoms with Crippen LogP contribution in [-0.4, -0.2) is 29.4 Å². The van der Waals surface area contributed by atoms with Gasteiger partial charge >= 0.3 is 5.97 Å². The summed E-state index contributed by atoms with van der Waals surface area (Å²) >= 11 is 0. The molecule has 3 rings (SSSR count). The van der Waals surface area contributed by atoms with Gasteiger partial charge in [0.1, 0.15) is 5.69 Å². The van der Waals surface area contributed by atoms with Crippen LogP contribution in [0.25, 0.3) is 0 Å². The van der Waals surface area contributed by atoms with E-state index in [0.717, 1.165) is 5.56 Å². The summed E-state index contributed by atoms with van der Waals surface area (Å²) in [4.78, 5) is 40.3. The van der Waals surface area contributed by atoms with Gasteiger partial charge in [0, 0.05) is 12.2 Å². The molecule has 0 saturated heterocycles. The van der Waals surface area contributed by atoms with Crippen LogP contribution in [0, 0.1) is 6.92 Å². The second-order valence-electron chi connectivity index (χ2n) is 6.36. The van der Waals surface area contributed by atoms with Crippen molar-refractivity contribution >= 4 is 23.5 Å². The largest absolute Gasteiger partial charge is 0.462 e. The van der Waals surface area contributed by atoms with Crippen LogP contribution in [0.4, 0.5) is 5.69 Å². The van der Waals surface area contributed by atoms with Crippen molar-refractivity contribution in [3.63, 3.8) is 0 Å². The molecule has 3 aromatic rings. The van der Waals surface area contributed by atoms with E-state index in [1.807, 2.05) is 0 Å². The molecule has 30 heavy (non-hydrogen) atoms. The Morgan fingerprint density at radius 2 is 1.80 bits per heavy atom. The summed E-state index contributed by atoms with van der Waals surface area (Å²) in [5, 5.41) is 5.50. The minimum Gasteiger partial charge on any atom is -0.462 e. The number of furan rings is 1. The third-order valence-electron chi connectivity index (χ3n) is 4.22. The van der Waals surface area contributed by atoms with Crippen LogP contribution in [0.2, 0.25) is 0 Å². The smallest absolute Gasteiger partial charge is 0.339 e. The fourth-order valence-corrected chi connectivity index (χ4v) is 2.69. The summed E-state index contributed by atoms with van der Waals surface area (Å²) < 4.78 is 10.0. The first-order valence-corrected chi connectivity index (χ1v) is 9.34. The first-order chi connectivity index (χ1) is 14.5. The summed E-state index contributed by atoms with van der Waals surface area (Å²) in [6.45, 7) is 3.93. The van der Waals surface area contributed by atoms with Gasteiger partial charge in [0.2, 0.25) is 0 Å². The quantitative estimate of drug-likeness (QED) is 0.581. The van der Waals surface area contributed by atoms with Gasteiger partial charge in [-0.25, -0.2) is 9.78 Å². The van der Waals surface area contributed by atoms with Crippen LogP contribution in [0.1, 0.15) is 49.6 Å². The first kappa shape index (κ1) is 20.8. The molecule has 0 aliphatic carbocycles. The van der Waals surface area contributed by atoms with Gasteiger partial charge in [0.05, 0.1) is 24.1 Å². The molecule has 0 fully saturated rings. The van der Waals surface area contributed by atoms with E-state index in [4.69, 9.17) is 9.15 Å². The van der Waals surface area contributed by atoms with E-state index in [2.05, 4.69) is 15.6 Å². The van der Waals surface area contributed by atoms with Gasteiger partial charge in [-0.1, -0.05) is 12.1 Å². The van der Waals surface area contributed by atoms with E-state index >= 15 is 0 Å². The molecule has 0 spiro atoms. The lowest BCUT2D eigenvalue weighted by molar-refractivity contribution is 0.0524. The number of hydrogen-bond acceptors (Lipinski definition) is 6. The van der Waals surface area contributed by atoms with Crippen molar-refractivity contribution in [1.82, 2.24) is 10.3 Å². The van der Waals surface area contributed by atoms with E-state index in [1.54, 1.807) is 50.2 Å². The van der Waals surface area contributed by atoms with Gasteiger partial charge in [0.25, 0.3) is 11.8 Å². The summed E-state index contributed by atoms with van der Waals surface area (Å²) in [5.41, 5.74) is 2.43. The molecule has 0 unspecified atom stereocenters. The number of esters is 1. The van der Waals surface area contributed by atoms with Crippen molar-refractivity contribution in [2.75, 3.05) is 11.9 Å². The highest BCUT2D eigenvalue weighted by molar-refractivity contribution is 6.02. The van der Waals surface area contributed by atoms with Crippen molar-refractivity contribution in [3.8, 4) is 0 Å². The molecule has 2 amide bonds. The fourth-order valence-electron chi connectivity index (χ4n) is 2.69. The van der Waals surface area contributed by atoms with Crippen LogP contribution >= 0.6 is 0 Å². The first-order valence-electron chi connectivity index (χ1n) is 9.34. The number of rotatable bonds is 7. The molecule has 0 aliphatic rings. The molecule has 0 radical (unpaired) electrons. The summed E-state index contributed by atoms with van der Waals surface area (Å²) in [6.07, 6.45) is 1.43. The molecular weight excluding hydrogens is 386 g/mol. The lowest BCUT2D eigenvalue weighted by Gasteiger charge is -2.09. The Morgan fingerprint density at radius 3 is 2.43 bits per heavy atom. The maximum atomic E-state index is 12.4. The number of aromatic nitrogens is 1. The molecule has 0 saturated carbocycles. The van der Waals surface area contributed by atoms with Crippen molar-refractivity contribution in [2.24, 2.45) is 0 Å². The number of carbonyl (C=O) groups is 3. The lowest BCUT2D eigenvalue weighted by atomic mass is 10.1. The summed E-state index contributed by atoms with van der Waals surface area (Å²) in [5.74, 6) is -0.936. The fraction of sp³-hybridized carbons (Fsp3) is 0.182. The normalized spacial score (nSPS) is 10.3. The Labute approximate surface area is 173 Å². The van der Waals surface area contributed by atoms with E-state index in [9.17, 15) is 14.4 Å². The topological polar surface area (TPSA) is 111 Å². The number of nitrogens with zero attached hydrogens (tertiary/aromatic N) is 1. The predicted octanol–water partition coefficient (Wildman–Crippen LogP) is 3.34. The molecule has 154 valence electrons. The Bertz CT molecular complexity index is 1040. The molecular formula is C22H21N3O5. The molecule has 0 bridgehead atoms. The number of anilines is 1. The Kier molecular flexibility index (Phi) is 6.59. The van der Waals surface area contributed by atoms with Crippen LogP contribution in [-0.2, 0) is 11.3 Å². The number of ether oxygens (including phenoxy) is 1. The van der Waals surface area contributed by atoms with Gasteiger partial charge in [-0.15, -0.1) is 0 Å². The number of carbonyl (C=O) groups excluding carboxylic acids is 3. The highest BCUT2D eigenvalue weighted by Gasteiger charge is 2.15. The van der Waals surface area contributed by atoms with Crippen molar-refractivity contribution in [3.05, 3.63) is 83.1 Å². The molecule has 2 aromatic heterocycles. The van der Waals surface area contributed by atoms with Crippen molar-refractivity contribution in [2.45, 2.75) is 20.4 Å². The number of nitrogens with one attached hydrogen (secondary N) is 2. The van der Waals surface area contributed by atoms with Crippen molar-refractivity contribution < 1.29 is 23.5 Å². The molecule has 8 heteroatoms. The zero-order chi connectivity index (χ0) is 21.5. The number of aryl methyl sites for hydroxylation is 1. The molecule has 8 nitrogen and oxygen atoms in total. The maximum Gasteiger partial charge on any atom is 0.339 e. The number of pyridine rings is 1. The van der Waals surface area contributed by atoms with E-state index in [-0.39, 0.29) is 36.4 Å². The Hall–Kier alpha value is -3.94. The minimum atomic E-state index is -0.464. The predicted molar refractivity (Wildman–Crippen MR) is 109 cm³/mol. The number of hydrogen-bond donors (Lipinski definition) is 2. The molecule has 2 N–H and O–H groups in total. The second kappa shape index (κ2) is 9.51. The van der Waals surface area contributed by atoms with Crippen LogP contribution in [0.15, 0.2) is 59.2 Å². The van der Waals surface area contributed by atoms with Gasteiger partial charge in [-0.3, -0.25) is 9.59 Å². The average molecular weight is 407 g/mol. The Morgan fingerprint density at radius 1 is 1.03 bits per heavy atom. The monoisotopic (exact) mass is 407 g/mol. The average Bonchev–Trinajstić information content (AvgIpc) is 3.28. The summed E-state index contributed by atoms with van der Waals surface area (Å²) in [7, 11) is 0. The zero-order valence-electron chi connectivity index (χ0n) is 16.6.